The van der Waals surface area contributed by atoms with Crippen molar-refractivity contribution in [2.45, 2.75) is 5.75 Å². The quantitative estimate of drug-likeness (QED) is 0.619. The second-order valence-corrected chi connectivity index (χ2v) is 10.0. The molecule has 0 spiro atoms. The van der Waals surface area contributed by atoms with E-state index >= 15 is 0 Å². The first-order chi connectivity index (χ1) is 13.9. The molecule has 1 fully saturated rings. The minimum absolute atomic E-state index is 0.142. The van der Waals surface area contributed by atoms with Crippen LogP contribution in [-0.4, -0.2) is 56.1 Å². The Morgan fingerprint density at radius 1 is 1.03 bits per heavy atom. The molecule has 0 N–H and O–H groups in total. The number of anilines is 1. The van der Waals surface area contributed by atoms with Crippen molar-refractivity contribution in [2.24, 2.45) is 0 Å². The second-order valence-electron chi connectivity index (χ2n) is 6.97. The Hall–Kier alpha value is -2.52. The minimum Gasteiger partial charge on any atom is -0.345 e. The third kappa shape index (κ3) is 4.56. The molecule has 6 nitrogen and oxygen atoms in total. The summed E-state index contributed by atoms with van der Waals surface area (Å²) in [5.41, 5.74) is 1.03. The summed E-state index contributed by atoms with van der Waals surface area (Å²) in [6, 6.07) is 13.7. The van der Waals surface area contributed by atoms with Gasteiger partial charge in [0.25, 0.3) is 0 Å². The van der Waals surface area contributed by atoms with Gasteiger partial charge in [0, 0.05) is 26.2 Å². The maximum Gasteiger partial charge on any atom is 0.237 e. The SMILES string of the molecule is O=C(CS(=O)(=O)Cc1ccccc1)N1CCN(c2nc3c(F)cccc3s2)CC1. The highest BCUT2D eigenvalue weighted by molar-refractivity contribution is 7.91. The van der Waals surface area contributed by atoms with Crippen molar-refractivity contribution < 1.29 is 17.6 Å². The van der Waals surface area contributed by atoms with Gasteiger partial charge in [-0.15, -0.1) is 0 Å². The number of aromatic nitrogens is 1. The van der Waals surface area contributed by atoms with Crippen LogP contribution in [0.25, 0.3) is 10.2 Å². The summed E-state index contributed by atoms with van der Waals surface area (Å²) in [5, 5.41) is 0.717. The fraction of sp³-hybridized carbons (Fsp3) is 0.300. The molecular formula is C20H20FN3O3S2. The third-order valence-corrected chi connectivity index (χ3v) is 7.38. The van der Waals surface area contributed by atoms with Crippen LogP contribution in [0.15, 0.2) is 48.5 Å². The molecule has 152 valence electrons. The van der Waals surface area contributed by atoms with Crippen molar-refractivity contribution in [2.75, 3.05) is 36.8 Å². The molecule has 9 heteroatoms. The first kappa shape index (κ1) is 19.8. The Balaban J connectivity index is 1.36. The van der Waals surface area contributed by atoms with Crippen molar-refractivity contribution in [3.63, 3.8) is 0 Å². The van der Waals surface area contributed by atoms with Crippen molar-refractivity contribution >= 4 is 42.4 Å². The number of rotatable bonds is 5. The van der Waals surface area contributed by atoms with Gasteiger partial charge in [-0.2, -0.15) is 0 Å². The number of halogens is 1. The largest absolute Gasteiger partial charge is 0.345 e. The summed E-state index contributed by atoms with van der Waals surface area (Å²) in [4.78, 5) is 20.5. The summed E-state index contributed by atoms with van der Waals surface area (Å²) < 4.78 is 39.4. The Kier molecular flexibility index (Phi) is 5.51. The van der Waals surface area contributed by atoms with Gasteiger partial charge in [0.15, 0.2) is 15.0 Å². The van der Waals surface area contributed by atoms with E-state index in [2.05, 4.69) is 4.98 Å². The second kappa shape index (κ2) is 8.08. The van der Waals surface area contributed by atoms with E-state index in [1.165, 1.54) is 17.4 Å². The molecular weight excluding hydrogens is 413 g/mol. The van der Waals surface area contributed by atoms with Crippen LogP contribution >= 0.6 is 11.3 Å². The van der Waals surface area contributed by atoms with E-state index in [1.54, 1.807) is 35.2 Å². The monoisotopic (exact) mass is 433 g/mol. The van der Waals surface area contributed by atoms with Crippen molar-refractivity contribution in [1.82, 2.24) is 9.88 Å². The molecule has 0 radical (unpaired) electrons. The average Bonchev–Trinajstić information content (AvgIpc) is 3.14. The van der Waals surface area contributed by atoms with Crippen LogP contribution in [0.5, 0.6) is 0 Å². The maximum atomic E-state index is 13.9. The molecule has 1 amide bonds. The molecule has 3 aromatic rings. The number of carbonyl (C=O) groups excluding carboxylic acids is 1. The van der Waals surface area contributed by atoms with Crippen molar-refractivity contribution in [3.8, 4) is 0 Å². The molecule has 1 saturated heterocycles. The number of carbonyl (C=O) groups is 1. The molecule has 2 heterocycles. The number of thiazole rings is 1. The van der Waals surface area contributed by atoms with Gasteiger partial charge in [-0.1, -0.05) is 47.7 Å². The predicted octanol–water partition coefficient (Wildman–Crippen LogP) is 2.70. The van der Waals surface area contributed by atoms with Crippen molar-refractivity contribution in [3.05, 3.63) is 59.9 Å². The van der Waals surface area contributed by atoms with Crippen LogP contribution in [0.1, 0.15) is 5.56 Å². The van der Waals surface area contributed by atoms with Gasteiger partial charge >= 0.3 is 0 Å². The van der Waals surface area contributed by atoms with Crippen LogP contribution in [0.3, 0.4) is 0 Å². The van der Waals surface area contributed by atoms with Crippen LogP contribution in [0, 0.1) is 5.82 Å². The van der Waals surface area contributed by atoms with E-state index in [1.807, 2.05) is 17.0 Å². The number of benzene rings is 2. The number of fused-ring (bicyclic) bond motifs is 1. The van der Waals surface area contributed by atoms with E-state index in [9.17, 15) is 17.6 Å². The Bertz CT molecular complexity index is 1120. The van der Waals surface area contributed by atoms with Gasteiger partial charge in [-0.3, -0.25) is 4.79 Å². The number of nitrogens with zero attached hydrogens (tertiary/aromatic N) is 3. The number of hydrogen-bond acceptors (Lipinski definition) is 6. The lowest BCUT2D eigenvalue weighted by molar-refractivity contribution is -0.128. The summed E-state index contributed by atoms with van der Waals surface area (Å²) >= 11 is 1.41. The third-order valence-electron chi connectivity index (χ3n) is 4.83. The summed E-state index contributed by atoms with van der Waals surface area (Å²) in [5.74, 6) is -1.36. The van der Waals surface area contributed by atoms with E-state index in [0.29, 0.717) is 42.4 Å². The molecule has 0 atom stereocenters. The Labute approximate surface area is 172 Å². The molecule has 1 aromatic heterocycles. The molecule has 0 aliphatic carbocycles. The predicted molar refractivity (Wildman–Crippen MR) is 112 cm³/mol. The number of para-hydroxylation sites is 1. The lowest BCUT2D eigenvalue weighted by atomic mass is 10.2. The molecule has 0 bridgehead atoms. The molecule has 0 saturated carbocycles. The zero-order valence-electron chi connectivity index (χ0n) is 15.6. The summed E-state index contributed by atoms with van der Waals surface area (Å²) in [6.45, 7) is 1.90. The van der Waals surface area contributed by atoms with Gasteiger partial charge in [-0.25, -0.2) is 17.8 Å². The van der Waals surface area contributed by atoms with Crippen LogP contribution in [-0.2, 0) is 20.4 Å². The smallest absolute Gasteiger partial charge is 0.237 e. The zero-order valence-corrected chi connectivity index (χ0v) is 17.3. The van der Waals surface area contributed by atoms with Crippen LogP contribution in [0.2, 0.25) is 0 Å². The average molecular weight is 434 g/mol. The minimum atomic E-state index is -3.53. The molecule has 1 aliphatic heterocycles. The summed E-state index contributed by atoms with van der Waals surface area (Å²) in [6.07, 6.45) is 0. The molecule has 0 unspecified atom stereocenters. The van der Waals surface area contributed by atoms with E-state index in [4.69, 9.17) is 0 Å². The fourth-order valence-corrected chi connectivity index (χ4v) is 5.74. The topological polar surface area (TPSA) is 70.6 Å². The molecule has 2 aromatic carbocycles. The van der Waals surface area contributed by atoms with E-state index < -0.39 is 15.6 Å². The molecule has 29 heavy (non-hydrogen) atoms. The number of sulfone groups is 1. The van der Waals surface area contributed by atoms with Gasteiger partial charge in [0.1, 0.15) is 17.1 Å². The normalized spacial score (nSPS) is 15.1. The Morgan fingerprint density at radius 2 is 1.76 bits per heavy atom. The van der Waals surface area contributed by atoms with Gasteiger partial charge in [0.2, 0.25) is 5.91 Å². The first-order valence-electron chi connectivity index (χ1n) is 9.23. The lowest BCUT2D eigenvalue weighted by Gasteiger charge is -2.34. The number of amides is 1. The van der Waals surface area contributed by atoms with Crippen LogP contribution < -0.4 is 4.90 Å². The van der Waals surface area contributed by atoms with Crippen molar-refractivity contribution in [1.29, 1.82) is 0 Å². The standard InChI is InChI=1S/C20H20FN3O3S2/c21-16-7-4-8-17-19(16)22-20(28-17)24-11-9-23(10-12-24)18(25)14-29(26,27)13-15-5-2-1-3-6-15/h1-8H,9-14H2. The highest BCUT2D eigenvalue weighted by atomic mass is 32.2. The maximum absolute atomic E-state index is 13.9. The lowest BCUT2D eigenvalue weighted by Crippen LogP contribution is -2.50. The Morgan fingerprint density at radius 3 is 2.45 bits per heavy atom. The van der Waals surface area contributed by atoms with Gasteiger partial charge < -0.3 is 9.80 Å². The van der Waals surface area contributed by atoms with E-state index in [0.717, 1.165) is 4.70 Å². The highest BCUT2D eigenvalue weighted by Crippen LogP contribution is 2.30. The highest BCUT2D eigenvalue weighted by Gasteiger charge is 2.27. The first-order valence-corrected chi connectivity index (χ1v) is 11.9. The van der Waals surface area contributed by atoms with E-state index in [-0.39, 0.29) is 17.5 Å². The molecule has 4 rings (SSSR count). The van der Waals surface area contributed by atoms with Crippen LogP contribution in [0.4, 0.5) is 9.52 Å². The fourth-order valence-electron chi connectivity index (χ4n) is 3.34. The summed E-state index contributed by atoms with van der Waals surface area (Å²) in [7, 11) is -3.53. The zero-order chi connectivity index (χ0) is 20.4. The number of hydrogen-bond donors (Lipinski definition) is 0. The molecule has 1 aliphatic rings. The van der Waals surface area contributed by atoms with Gasteiger partial charge in [0.05, 0.1) is 10.5 Å². The number of piperazine rings is 1. The van der Waals surface area contributed by atoms with Gasteiger partial charge in [-0.05, 0) is 17.7 Å².